The first-order valence-corrected chi connectivity index (χ1v) is 11.3. The van der Waals surface area contributed by atoms with Gasteiger partial charge in [0.05, 0.1) is 48.2 Å². The number of carbonyl (C=O) groups is 1. The van der Waals surface area contributed by atoms with Gasteiger partial charge < -0.3 is 14.2 Å². The van der Waals surface area contributed by atoms with Crippen LogP contribution >= 0.6 is 22.9 Å². The monoisotopic (exact) mass is 502 g/mol. The van der Waals surface area contributed by atoms with Crippen LogP contribution in [0, 0.1) is 5.82 Å². The van der Waals surface area contributed by atoms with Crippen LogP contribution in [0.4, 0.5) is 4.39 Å². The molecule has 0 amide bonds. The average Bonchev–Trinajstić information content (AvgIpc) is 3.14. The molecule has 10 heteroatoms. The Bertz CT molecular complexity index is 1490. The number of halogens is 2. The van der Waals surface area contributed by atoms with Crippen molar-refractivity contribution < 1.29 is 23.4 Å². The molecule has 0 unspecified atom stereocenters. The maximum Gasteiger partial charge on any atom is 0.338 e. The molecule has 2 aromatic carbocycles. The normalized spacial score (nSPS) is 15.6. The van der Waals surface area contributed by atoms with Gasteiger partial charge in [0.25, 0.3) is 5.56 Å². The fourth-order valence-electron chi connectivity index (χ4n) is 3.81. The minimum Gasteiger partial charge on any atom is -0.493 e. The summed E-state index contributed by atoms with van der Waals surface area (Å²) >= 11 is 7.23. The topological polar surface area (TPSA) is 79.1 Å². The minimum absolute atomic E-state index is 0.0982. The van der Waals surface area contributed by atoms with Gasteiger partial charge in [0.1, 0.15) is 5.82 Å². The third kappa shape index (κ3) is 4.01. The number of thiazole rings is 1. The van der Waals surface area contributed by atoms with Crippen LogP contribution in [-0.4, -0.2) is 31.9 Å². The molecule has 176 valence electrons. The van der Waals surface area contributed by atoms with Crippen molar-refractivity contribution >= 4 is 35.0 Å². The summed E-state index contributed by atoms with van der Waals surface area (Å²) in [6.45, 7) is 1.67. The van der Waals surface area contributed by atoms with E-state index in [0.29, 0.717) is 27.6 Å². The first-order valence-electron chi connectivity index (χ1n) is 10.1. The van der Waals surface area contributed by atoms with Gasteiger partial charge in [-0.05, 0) is 42.8 Å². The molecule has 0 radical (unpaired) electrons. The zero-order valence-electron chi connectivity index (χ0n) is 18.7. The number of ether oxygens (including phenoxy) is 3. The largest absolute Gasteiger partial charge is 0.493 e. The highest BCUT2D eigenvalue weighted by atomic mass is 35.5. The number of benzene rings is 2. The Hall–Kier alpha value is -3.43. The summed E-state index contributed by atoms with van der Waals surface area (Å²) < 4.78 is 31.7. The predicted octanol–water partition coefficient (Wildman–Crippen LogP) is 3.22. The Balaban J connectivity index is 2.01. The molecule has 0 saturated heterocycles. The van der Waals surface area contributed by atoms with E-state index in [2.05, 4.69) is 4.99 Å². The number of fused-ring (bicyclic) bond motifs is 1. The lowest BCUT2D eigenvalue weighted by atomic mass is 9.95. The van der Waals surface area contributed by atoms with E-state index >= 15 is 0 Å². The number of carbonyl (C=O) groups excluding carboxylic acids is 1. The van der Waals surface area contributed by atoms with Crippen LogP contribution in [0.3, 0.4) is 0 Å². The summed E-state index contributed by atoms with van der Waals surface area (Å²) in [6.07, 6.45) is 1.39. The van der Waals surface area contributed by atoms with Crippen molar-refractivity contribution in [2.24, 2.45) is 4.99 Å². The van der Waals surface area contributed by atoms with Crippen molar-refractivity contribution in [3.05, 3.63) is 89.3 Å². The Morgan fingerprint density at radius 2 is 1.91 bits per heavy atom. The van der Waals surface area contributed by atoms with Gasteiger partial charge in [-0.2, -0.15) is 0 Å². The summed E-state index contributed by atoms with van der Waals surface area (Å²) in [5, 5.41) is 0.175. The van der Waals surface area contributed by atoms with Gasteiger partial charge in [0, 0.05) is 5.56 Å². The van der Waals surface area contributed by atoms with Crippen LogP contribution < -0.4 is 24.4 Å². The molecule has 1 aliphatic rings. The van der Waals surface area contributed by atoms with E-state index in [1.807, 2.05) is 0 Å². The van der Waals surface area contributed by atoms with Crippen molar-refractivity contribution in [1.29, 1.82) is 0 Å². The quantitative estimate of drug-likeness (QED) is 0.501. The van der Waals surface area contributed by atoms with Gasteiger partial charge in [-0.15, -0.1) is 0 Å². The third-order valence-electron chi connectivity index (χ3n) is 5.43. The molecule has 1 aromatic heterocycles. The minimum atomic E-state index is -0.846. The van der Waals surface area contributed by atoms with E-state index in [4.69, 9.17) is 25.8 Å². The molecule has 0 spiro atoms. The van der Waals surface area contributed by atoms with E-state index in [1.165, 1.54) is 44.1 Å². The molecule has 0 N–H and O–H groups in total. The maximum absolute atomic E-state index is 14.4. The fourth-order valence-corrected chi connectivity index (χ4v) is 5.06. The molecule has 0 aliphatic carbocycles. The second kappa shape index (κ2) is 9.44. The zero-order valence-corrected chi connectivity index (χ0v) is 20.3. The van der Waals surface area contributed by atoms with Crippen LogP contribution in [0.1, 0.15) is 24.1 Å². The summed E-state index contributed by atoms with van der Waals surface area (Å²) in [7, 11) is 4.27. The molecule has 34 heavy (non-hydrogen) atoms. The SMILES string of the molecule is COC(=O)C1=C(C)N=c2s/c(=C\c3c(F)cccc3Cl)c(=O)n2[C@@H]1c1ccc(OC)c(OC)c1. The molecule has 0 saturated carbocycles. The molecule has 3 aromatic rings. The highest BCUT2D eigenvalue weighted by Gasteiger charge is 2.33. The highest BCUT2D eigenvalue weighted by molar-refractivity contribution is 7.07. The van der Waals surface area contributed by atoms with E-state index in [1.54, 1.807) is 31.2 Å². The van der Waals surface area contributed by atoms with Gasteiger partial charge in [0.15, 0.2) is 16.3 Å². The van der Waals surface area contributed by atoms with Crippen molar-refractivity contribution in [1.82, 2.24) is 4.57 Å². The summed E-state index contributed by atoms with van der Waals surface area (Å²) in [6, 6.07) is 8.56. The summed E-state index contributed by atoms with van der Waals surface area (Å²) in [5.41, 5.74) is 0.850. The Morgan fingerprint density at radius 1 is 1.18 bits per heavy atom. The number of esters is 1. The van der Waals surface area contributed by atoms with Crippen LogP contribution in [-0.2, 0) is 9.53 Å². The predicted molar refractivity (Wildman–Crippen MR) is 127 cm³/mol. The lowest BCUT2D eigenvalue weighted by molar-refractivity contribution is -0.136. The number of rotatable bonds is 5. The molecule has 0 bridgehead atoms. The molecule has 7 nitrogen and oxygen atoms in total. The van der Waals surface area contributed by atoms with Crippen LogP contribution in [0.5, 0.6) is 11.5 Å². The lowest BCUT2D eigenvalue weighted by Gasteiger charge is -2.25. The van der Waals surface area contributed by atoms with Gasteiger partial charge >= 0.3 is 5.97 Å². The zero-order chi connectivity index (χ0) is 24.6. The molecule has 0 fully saturated rings. The van der Waals surface area contributed by atoms with Gasteiger partial charge in [-0.3, -0.25) is 9.36 Å². The van der Waals surface area contributed by atoms with E-state index in [9.17, 15) is 14.0 Å². The number of nitrogens with zero attached hydrogens (tertiary/aromatic N) is 2. The fraction of sp³-hybridized carbons (Fsp3) is 0.208. The average molecular weight is 503 g/mol. The van der Waals surface area contributed by atoms with Crippen molar-refractivity contribution in [2.75, 3.05) is 21.3 Å². The highest BCUT2D eigenvalue weighted by Crippen LogP contribution is 2.36. The number of aromatic nitrogens is 1. The molecule has 1 aliphatic heterocycles. The first-order chi connectivity index (χ1) is 16.3. The third-order valence-corrected chi connectivity index (χ3v) is 6.74. The second-order valence-corrected chi connectivity index (χ2v) is 8.74. The van der Waals surface area contributed by atoms with Crippen LogP contribution in [0.25, 0.3) is 6.08 Å². The van der Waals surface area contributed by atoms with Crippen molar-refractivity contribution in [3.63, 3.8) is 0 Å². The number of hydrogen-bond donors (Lipinski definition) is 0. The molecular weight excluding hydrogens is 483 g/mol. The first kappa shape index (κ1) is 23.7. The molecule has 4 rings (SSSR count). The molecular formula is C24H20ClFN2O5S. The standard InChI is InChI=1S/C24H20ClFN2O5S/c1-12-20(23(30)33-4)21(13-8-9-17(31-2)18(10-13)32-3)28-22(29)19(34-24(28)27-12)11-14-15(25)6-5-7-16(14)26/h5-11,21H,1-4H3/b19-11-/t21-/m1/s1. The van der Waals surface area contributed by atoms with E-state index < -0.39 is 23.4 Å². The summed E-state index contributed by atoms with van der Waals surface area (Å²) in [4.78, 5) is 31.1. The van der Waals surface area contributed by atoms with E-state index in [-0.39, 0.29) is 20.7 Å². The Kier molecular flexibility index (Phi) is 6.58. The van der Waals surface area contributed by atoms with Crippen LogP contribution in [0.2, 0.25) is 5.02 Å². The van der Waals surface area contributed by atoms with Crippen LogP contribution in [0.15, 0.2) is 57.5 Å². The van der Waals surface area contributed by atoms with Gasteiger partial charge in [-0.1, -0.05) is 35.1 Å². The number of methoxy groups -OCH3 is 3. The number of hydrogen-bond acceptors (Lipinski definition) is 7. The van der Waals surface area contributed by atoms with Crippen molar-refractivity contribution in [3.8, 4) is 11.5 Å². The smallest absolute Gasteiger partial charge is 0.338 e. The van der Waals surface area contributed by atoms with Crippen molar-refractivity contribution in [2.45, 2.75) is 13.0 Å². The second-order valence-electron chi connectivity index (χ2n) is 7.32. The number of allylic oxidation sites excluding steroid dienone is 1. The summed E-state index contributed by atoms with van der Waals surface area (Å²) in [5.74, 6) is -0.249. The lowest BCUT2D eigenvalue weighted by Crippen LogP contribution is -2.39. The Labute approximate surface area is 203 Å². The Morgan fingerprint density at radius 3 is 2.56 bits per heavy atom. The van der Waals surface area contributed by atoms with Gasteiger partial charge in [0.2, 0.25) is 0 Å². The molecule has 2 heterocycles. The maximum atomic E-state index is 14.4. The van der Waals surface area contributed by atoms with Gasteiger partial charge in [-0.25, -0.2) is 14.2 Å². The molecule has 1 atom stereocenters. The van der Waals surface area contributed by atoms with E-state index in [0.717, 1.165) is 11.3 Å².